The van der Waals surface area contributed by atoms with Crippen LogP contribution in [0.25, 0.3) is 11.4 Å². The van der Waals surface area contributed by atoms with Crippen LogP contribution in [0.4, 0.5) is 0 Å². The van der Waals surface area contributed by atoms with E-state index in [1.807, 2.05) is 6.92 Å². The van der Waals surface area contributed by atoms with Crippen molar-refractivity contribution in [1.82, 2.24) is 20.5 Å². The van der Waals surface area contributed by atoms with Gasteiger partial charge < -0.3 is 5.32 Å². The Bertz CT molecular complexity index is 509. The molecule has 0 amide bonds. The fraction of sp³-hybridized carbons (Fsp3) is 0.429. The van der Waals surface area contributed by atoms with Crippen molar-refractivity contribution < 1.29 is 0 Å². The van der Waals surface area contributed by atoms with Crippen molar-refractivity contribution in [3.63, 3.8) is 0 Å². The second-order valence-corrected chi connectivity index (χ2v) is 4.89. The average Bonchev–Trinajstić information content (AvgIpc) is 2.87. The predicted molar refractivity (Wildman–Crippen MR) is 71.4 cm³/mol. The van der Waals surface area contributed by atoms with Crippen LogP contribution >= 0.6 is 0 Å². The smallest absolute Gasteiger partial charge is 0.181 e. The molecule has 2 aromatic rings. The van der Waals surface area contributed by atoms with E-state index in [9.17, 15) is 0 Å². The third kappa shape index (κ3) is 2.29. The lowest BCUT2D eigenvalue weighted by Gasteiger charge is -2.22. The van der Waals surface area contributed by atoms with E-state index in [1.165, 1.54) is 18.4 Å². The third-order valence-electron chi connectivity index (χ3n) is 3.58. The summed E-state index contributed by atoms with van der Waals surface area (Å²) in [6, 6.07) is 8.69. The summed E-state index contributed by atoms with van der Waals surface area (Å²) in [5.74, 6) is 2.34. The molecule has 0 atom stereocenters. The summed E-state index contributed by atoms with van der Waals surface area (Å²) in [4.78, 5) is 4.35. The van der Waals surface area contributed by atoms with Crippen molar-refractivity contribution in [2.75, 3.05) is 13.1 Å². The first-order chi connectivity index (χ1) is 8.83. The lowest BCUT2D eigenvalue weighted by molar-refractivity contribution is 0.460. The number of hydrogen-bond acceptors (Lipinski definition) is 3. The number of H-pyrrole nitrogens is 1. The zero-order valence-electron chi connectivity index (χ0n) is 10.6. The minimum atomic E-state index is 0.703. The number of nitrogens with zero attached hydrogens (tertiary/aromatic N) is 2. The SMILES string of the molecule is Cc1nc(-c2ccc(C3CCNCC3)cc2)n[nH]1. The molecule has 4 nitrogen and oxygen atoms in total. The number of rotatable bonds is 2. The topological polar surface area (TPSA) is 53.6 Å². The van der Waals surface area contributed by atoms with E-state index in [1.54, 1.807) is 0 Å². The van der Waals surface area contributed by atoms with Gasteiger partial charge in [0.15, 0.2) is 5.82 Å². The largest absolute Gasteiger partial charge is 0.317 e. The molecule has 3 rings (SSSR count). The first-order valence-electron chi connectivity index (χ1n) is 6.53. The summed E-state index contributed by atoms with van der Waals surface area (Å²) in [7, 11) is 0. The van der Waals surface area contributed by atoms with E-state index < -0.39 is 0 Å². The van der Waals surface area contributed by atoms with E-state index in [0.717, 1.165) is 30.3 Å². The molecule has 1 aromatic carbocycles. The highest BCUT2D eigenvalue weighted by Gasteiger charge is 2.15. The highest BCUT2D eigenvalue weighted by Crippen LogP contribution is 2.26. The normalized spacial score (nSPS) is 16.9. The molecule has 4 heteroatoms. The van der Waals surface area contributed by atoms with Gasteiger partial charge in [-0.15, -0.1) is 0 Å². The van der Waals surface area contributed by atoms with Crippen LogP contribution in [0.1, 0.15) is 30.1 Å². The van der Waals surface area contributed by atoms with Gasteiger partial charge >= 0.3 is 0 Å². The molecule has 0 unspecified atom stereocenters. The maximum Gasteiger partial charge on any atom is 0.181 e. The van der Waals surface area contributed by atoms with Gasteiger partial charge in [-0.2, -0.15) is 5.10 Å². The summed E-state index contributed by atoms with van der Waals surface area (Å²) in [5.41, 5.74) is 2.52. The maximum atomic E-state index is 4.35. The van der Waals surface area contributed by atoms with E-state index in [-0.39, 0.29) is 0 Å². The van der Waals surface area contributed by atoms with Crippen LogP contribution in [-0.4, -0.2) is 28.3 Å². The summed E-state index contributed by atoms with van der Waals surface area (Å²) in [6.07, 6.45) is 2.47. The Hall–Kier alpha value is -1.68. The van der Waals surface area contributed by atoms with Crippen LogP contribution < -0.4 is 5.32 Å². The second kappa shape index (κ2) is 4.90. The van der Waals surface area contributed by atoms with Gasteiger partial charge in [-0.1, -0.05) is 24.3 Å². The number of aryl methyl sites for hydroxylation is 1. The van der Waals surface area contributed by atoms with Crippen molar-refractivity contribution in [2.45, 2.75) is 25.7 Å². The standard InChI is InChI=1S/C14H18N4/c1-10-16-14(18-17-10)13-4-2-11(3-5-13)12-6-8-15-9-7-12/h2-5,12,15H,6-9H2,1H3,(H,16,17,18). The molecule has 0 aliphatic carbocycles. The van der Waals surface area contributed by atoms with Crippen LogP contribution in [0.3, 0.4) is 0 Å². The number of hydrogen-bond donors (Lipinski definition) is 2. The van der Waals surface area contributed by atoms with E-state index in [0.29, 0.717) is 5.92 Å². The van der Waals surface area contributed by atoms with Crippen molar-refractivity contribution >= 4 is 0 Å². The average molecular weight is 242 g/mol. The van der Waals surface area contributed by atoms with Crippen LogP contribution in [0.5, 0.6) is 0 Å². The summed E-state index contributed by atoms with van der Waals surface area (Å²) in [6.45, 7) is 4.18. The Morgan fingerprint density at radius 3 is 2.44 bits per heavy atom. The minimum absolute atomic E-state index is 0.703. The van der Waals surface area contributed by atoms with E-state index in [4.69, 9.17) is 0 Å². The van der Waals surface area contributed by atoms with Gasteiger partial charge in [0.25, 0.3) is 0 Å². The van der Waals surface area contributed by atoms with E-state index in [2.05, 4.69) is 44.8 Å². The second-order valence-electron chi connectivity index (χ2n) is 4.89. The third-order valence-corrected chi connectivity index (χ3v) is 3.58. The quantitative estimate of drug-likeness (QED) is 0.849. The van der Waals surface area contributed by atoms with Crippen molar-refractivity contribution in [3.8, 4) is 11.4 Å². The van der Waals surface area contributed by atoms with E-state index >= 15 is 0 Å². The van der Waals surface area contributed by atoms with Gasteiger partial charge in [0.2, 0.25) is 0 Å². The molecule has 0 saturated carbocycles. The number of nitrogens with one attached hydrogen (secondary N) is 2. The lowest BCUT2D eigenvalue weighted by atomic mass is 9.90. The fourth-order valence-electron chi connectivity index (χ4n) is 2.53. The first kappa shape index (κ1) is 11.4. The number of aromatic nitrogens is 3. The molecule has 1 aliphatic rings. The molecule has 18 heavy (non-hydrogen) atoms. The molecular weight excluding hydrogens is 224 g/mol. The summed E-state index contributed by atoms with van der Waals surface area (Å²) < 4.78 is 0. The molecule has 0 spiro atoms. The molecule has 1 fully saturated rings. The lowest BCUT2D eigenvalue weighted by Crippen LogP contribution is -2.26. The molecule has 2 N–H and O–H groups in total. The van der Waals surface area contributed by atoms with Crippen molar-refractivity contribution in [2.24, 2.45) is 0 Å². The Kier molecular flexibility index (Phi) is 3.11. The number of piperidine rings is 1. The van der Waals surface area contributed by atoms with Gasteiger partial charge in [-0.25, -0.2) is 4.98 Å². The fourth-order valence-corrected chi connectivity index (χ4v) is 2.53. The monoisotopic (exact) mass is 242 g/mol. The summed E-state index contributed by atoms with van der Waals surface area (Å²) >= 11 is 0. The highest BCUT2D eigenvalue weighted by molar-refractivity contribution is 5.55. The molecule has 1 aliphatic heterocycles. The molecule has 2 heterocycles. The van der Waals surface area contributed by atoms with Gasteiger partial charge in [0, 0.05) is 5.56 Å². The predicted octanol–water partition coefficient (Wildman–Crippen LogP) is 2.25. The van der Waals surface area contributed by atoms with Crippen LogP contribution in [0, 0.1) is 6.92 Å². The van der Waals surface area contributed by atoms with Crippen LogP contribution in [-0.2, 0) is 0 Å². The highest BCUT2D eigenvalue weighted by atomic mass is 15.2. The van der Waals surface area contributed by atoms with Crippen molar-refractivity contribution in [3.05, 3.63) is 35.7 Å². The molecule has 1 saturated heterocycles. The van der Waals surface area contributed by atoms with Gasteiger partial charge in [-0.05, 0) is 44.3 Å². The Morgan fingerprint density at radius 2 is 1.83 bits per heavy atom. The van der Waals surface area contributed by atoms with Gasteiger partial charge in [0.1, 0.15) is 5.82 Å². The van der Waals surface area contributed by atoms with Crippen LogP contribution in [0.15, 0.2) is 24.3 Å². The zero-order chi connectivity index (χ0) is 12.4. The zero-order valence-corrected chi connectivity index (χ0v) is 10.6. The molecule has 94 valence electrons. The Morgan fingerprint density at radius 1 is 1.11 bits per heavy atom. The Balaban J connectivity index is 1.80. The maximum absolute atomic E-state index is 4.35. The number of aromatic amines is 1. The molecule has 1 aromatic heterocycles. The van der Waals surface area contributed by atoms with Crippen molar-refractivity contribution in [1.29, 1.82) is 0 Å². The van der Waals surface area contributed by atoms with Gasteiger partial charge in [0.05, 0.1) is 0 Å². The van der Waals surface area contributed by atoms with Gasteiger partial charge in [-0.3, -0.25) is 5.10 Å². The molecule has 0 radical (unpaired) electrons. The van der Waals surface area contributed by atoms with Crippen LogP contribution in [0.2, 0.25) is 0 Å². The number of benzene rings is 1. The Labute approximate surface area is 107 Å². The molecular formula is C14H18N4. The molecule has 0 bridgehead atoms. The first-order valence-corrected chi connectivity index (χ1v) is 6.53. The summed E-state index contributed by atoms with van der Waals surface area (Å²) in [5, 5.41) is 10.5. The minimum Gasteiger partial charge on any atom is -0.317 e.